The van der Waals surface area contributed by atoms with E-state index in [9.17, 15) is 28.8 Å². The van der Waals surface area contributed by atoms with Gasteiger partial charge in [0.25, 0.3) is 0 Å². The number of hydrogen-bond acceptors (Lipinski definition) is 10. The molecule has 0 aromatic heterocycles. The Morgan fingerprint density at radius 2 is 0.710 bits per heavy atom. The molecular formula is C115H214N6O10. The largest absolute Gasteiger partial charge is 0.381 e. The van der Waals surface area contributed by atoms with Crippen molar-refractivity contribution in [1.29, 1.82) is 0 Å². The highest BCUT2D eigenvalue weighted by molar-refractivity contribution is 5.84. The number of methoxy groups -OCH3 is 1. The molecule has 2 saturated carbocycles. The monoisotopic (exact) mass is 1840 g/mol. The van der Waals surface area contributed by atoms with Gasteiger partial charge in [-0.25, -0.2) is 0 Å². The molecular weight excluding hydrogens is 1630 g/mol. The number of rotatable bonds is 27. The Morgan fingerprint density at radius 1 is 0.359 bits per heavy atom. The van der Waals surface area contributed by atoms with Crippen molar-refractivity contribution in [2.45, 2.75) is 496 Å². The summed E-state index contributed by atoms with van der Waals surface area (Å²) in [5, 5.41) is 0. The second-order valence-electron chi connectivity index (χ2n) is 50.5. The minimum Gasteiger partial charge on any atom is -0.381 e. The molecule has 0 spiro atoms. The number of nitrogens with zero attached hydrogens (tertiary/aromatic N) is 6. The van der Waals surface area contributed by atoms with Gasteiger partial charge in [0.15, 0.2) is 0 Å². The van der Waals surface area contributed by atoms with Gasteiger partial charge in [0.05, 0.1) is 30.8 Å². The molecule has 9 aliphatic heterocycles. The van der Waals surface area contributed by atoms with Crippen molar-refractivity contribution in [1.82, 2.24) is 29.4 Å². The van der Waals surface area contributed by atoms with Crippen molar-refractivity contribution >= 4 is 35.4 Å². The minimum atomic E-state index is -0.0472. The molecule has 0 radical (unpaired) electrons. The highest BCUT2D eigenvalue weighted by Gasteiger charge is 2.55. The quantitative estimate of drug-likeness (QED) is 0.0775. The van der Waals surface area contributed by atoms with E-state index in [2.05, 4.69) is 299 Å². The third-order valence-electron chi connectivity index (χ3n) is 36.1. The van der Waals surface area contributed by atoms with Crippen molar-refractivity contribution in [3.63, 3.8) is 0 Å². The summed E-state index contributed by atoms with van der Waals surface area (Å²) < 4.78 is 22.7. The first kappa shape index (κ1) is 116. The maximum Gasteiger partial charge on any atom is 0.229 e. The van der Waals surface area contributed by atoms with Crippen LogP contribution in [0.3, 0.4) is 0 Å². The maximum absolute atomic E-state index is 13.8. The molecule has 0 bridgehead atoms. The molecule has 0 aromatic carbocycles. The van der Waals surface area contributed by atoms with Gasteiger partial charge in [0, 0.05) is 129 Å². The Bertz CT molecular complexity index is 3320. The maximum atomic E-state index is 13.8. The molecule has 16 heteroatoms. The third kappa shape index (κ3) is 29.0. The van der Waals surface area contributed by atoms with E-state index < -0.39 is 0 Å². The zero-order valence-electron chi connectivity index (χ0n) is 93.1. The Hall–Kier alpha value is -3.34. The molecule has 9 heterocycles. The lowest BCUT2D eigenvalue weighted by atomic mass is 9.66. The van der Waals surface area contributed by atoms with E-state index in [-0.39, 0.29) is 65.1 Å². The SMILES string of the molecule is CC(C)C(C(=O)N1C2CCCC2C[C@H]1C(C)C)C1(C)CCOCC1.CC(C)C(C(=O)N1C2CCCC2C[C@H]1C(C)C)C1CCCOC1.CC(C)CC(C(=O)N1C(C)C(C)C[C@H]1C(C)C)C(C)C.CC1CC(C(C(=O)N2C(C)C(C)C[C@H]2C(C)C)C(C)C)CC(C)O1.CCC(C)C(C(=O)N1C(C)C(C)C[C@H]1C(C)C)C(C)C.COC(C)C(C(=O)N1C(C)C(C)C[C@H]1C(C)C)C(C)C. The van der Waals surface area contributed by atoms with Crippen LogP contribution in [0.1, 0.15) is 405 Å². The van der Waals surface area contributed by atoms with Gasteiger partial charge in [-0.2, -0.15) is 0 Å². The zero-order chi connectivity index (χ0) is 99.1. The molecule has 16 nitrogen and oxygen atoms in total. The Morgan fingerprint density at radius 3 is 1.04 bits per heavy atom. The first-order valence-corrected chi connectivity index (χ1v) is 55.3. The van der Waals surface area contributed by atoms with Crippen LogP contribution in [0.5, 0.6) is 0 Å². The van der Waals surface area contributed by atoms with Crippen molar-refractivity contribution in [3.05, 3.63) is 0 Å². The molecule has 0 N–H and O–H groups in total. The van der Waals surface area contributed by atoms with Crippen LogP contribution in [0.25, 0.3) is 0 Å². The molecule has 11 rings (SSSR count). The molecule has 764 valence electrons. The molecule has 6 amide bonds. The van der Waals surface area contributed by atoms with E-state index in [4.69, 9.17) is 18.9 Å². The number of amides is 6. The highest BCUT2D eigenvalue weighted by Crippen LogP contribution is 2.52. The van der Waals surface area contributed by atoms with Crippen molar-refractivity contribution < 1.29 is 47.7 Å². The Balaban J connectivity index is 0.000000243. The summed E-state index contributed by atoms with van der Waals surface area (Å²) in [5.74, 6) is 14.6. The van der Waals surface area contributed by atoms with Gasteiger partial charge in [-0.3, -0.25) is 28.8 Å². The zero-order valence-corrected chi connectivity index (χ0v) is 93.1. The molecule has 11 fully saturated rings. The van der Waals surface area contributed by atoms with Crippen LogP contribution in [-0.4, -0.2) is 189 Å². The van der Waals surface area contributed by atoms with Gasteiger partial charge in [0.1, 0.15) is 0 Å². The average molecular weight is 1840 g/mol. The topological polar surface area (TPSA) is 159 Å². The molecule has 0 aromatic rings. The van der Waals surface area contributed by atoms with Crippen LogP contribution in [0.4, 0.5) is 0 Å². The predicted molar refractivity (Wildman–Crippen MR) is 547 cm³/mol. The Kier molecular flexibility index (Phi) is 46.4. The van der Waals surface area contributed by atoms with E-state index in [0.29, 0.717) is 220 Å². The second-order valence-corrected chi connectivity index (χ2v) is 50.5. The summed E-state index contributed by atoms with van der Waals surface area (Å²) in [7, 11) is 1.70. The lowest BCUT2D eigenvalue weighted by Gasteiger charge is -2.45. The van der Waals surface area contributed by atoms with E-state index in [1.165, 1.54) is 51.4 Å². The fourth-order valence-electron chi connectivity index (χ4n) is 27.6. The van der Waals surface area contributed by atoms with Crippen LogP contribution < -0.4 is 0 Å². The van der Waals surface area contributed by atoms with E-state index in [0.717, 1.165) is 115 Å². The van der Waals surface area contributed by atoms with Gasteiger partial charge in [-0.15, -0.1) is 0 Å². The first-order valence-electron chi connectivity index (χ1n) is 55.3. The number of fused-ring (bicyclic) bond motifs is 2. The van der Waals surface area contributed by atoms with Gasteiger partial charge in [-0.05, 0) is 293 Å². The molecule has 23 unspecified atom stereocenters. The second kappa shape index (κ2) is 52.2. The molecule has 11 aliphatic rings. The number of hydrogen-bond donors (Lipinski definition) is 0. The van der Waals surface area contributed by atoms with Crippen LogP contribution in [-0.2, 0) is 47.7 Å². The molecule has 29 atom stereocenters. The van der Waals surface area contributed by atoms with Crippen LogP contribution in [0.2, 0.25) is 0 Å². The summed E-state index contributed by atoms with van der Waals surface area (Å²) in [6, 6.07) is 5.08. The Labute approximate surface area is 808 Å². The number of likely N-dealkylation sites (tertiary alicyclic amines) is 6. The summed E-state index contributed by atoms with van der Waals surface area (Å²) >= 11 is 0. The van der Waals surface area contributed by atoms with Gasteiger partial charge >= 0.3 is 0 Å². The highest BCUT2D eigenvalue weighted by atomic mass is 16.5. The van der Waals surface area contributed by atoms with E-state index >= 15 is 0 Å². The third-order valence-corrected chi connectivity index (χ3v) is 36.1. The molecule has 9 saturated heterocycles. The minimum absolute atomic E-state index is 0.0292. The normalized spacial score (nSPS) is 33.2. The summed E-state index contributed by atoms with van der Waals surface area (Å²) in [6.07, 6.45) is 23.7. The van der Waals surface area contributed by atoms with Crippen LogP contribution in [0.15, 0.2) is 0 Å². The lowest BCUT2D eigenvalue weighted by Crippen LogP contribution is -2.52. The number of carbonyl (C=O) groups excluding carboxylic acids is 6. The fraction of sp³-hybridized carbons (Fsp3) is 0.948. The van der Waals surface area contributed by atoms with Crippen LogP contribution in [0, 0.1) is 171 Å². The van der Waals surface area contributed by atoms with Gasteiger partial charge < -0.3 is 48.3 Å². The first-order chi connectivity index (χ1) is 61.1. The van der Waals surface area contributed by atoms with Crippen molar-refractivity contribution in [3.8, 4) is 0 Å². The molecule has 2 aliphatic carbocycles. The van der Waals surface area contributed by atoms with Gasteiger partial charge in [-0.1, -0.05) is 248 Å². The average Bonchev–Trinajstić information content (AvgIpc) is 1.62. The van der Waals surface area contributed by atoms with Crippen molar-refractivity contribution in [2.24, 2.45) is 171 Å². The summed E-state index contributed by atoms with van der Waals surface area (Å²) in [4.78, 5) is 94.2. The number of carbonyl (C=O) groups is 6. The standard InChI is InChI=1S/C21H37NO2.C21H39NO2.C20H35NO2.2C18H35NO.C17H33NO2/c1-14(2)18-13-16-7-6-8-17(16)22(18)20(23)19(15(3)4)21(5)9-11-24-12-10-21;1-12(2)19-9-14(5)17(8)22(19)21(23)20(13(3)4)18-10-15(6)24-16(7)11-18;1-13(2)18-11-15-7-5-9-17(15)21(18)20(22)19(14(3)4)16-8-6-10-23-12-16;1-11(2)9-16(12(3)4)18(20)19-15(8)14(7)10-17(19)13(5)6;1-9-13(6)17(12(4)5)18(20)19-15(8)14(7)10-16(19)11(2)3;1-10(2)15-9-12(5)13(6)18(15)17(19)16(11(3)4)14(7)20-8/h14-19H,6-13H2,1-5H3;12-20H,9-11H2,1-8H3;13-19H,5-12H2,1-4H3;2*11-17H,9-10H2,1-8H3;10-16H,9H2,1-8H3/t16?,17?,18-,19?;14?,15?,16?,17?,18?,19-,20?;15?,16?,17?,18-,19?;14?,15?,16?,17-;13?,14?,15?,16-,17?;12?,13?,14?,15-,16?/m000000/s1. The van der Waals surface area contributed by atoms with Gasteiger partial charge in [0.2, 0.25) is 35.4 Å². The fourth-order valence-corrected chi connectivity index (χ4v) is 27.6. The summed E-state index contributed by atoms with van der Waals surface area (Å²) in [5.41, 5.74) is 0.0989. The van der Waals surface area contributed by atoms with Crippen molar-refractivity contribution in [2.75, 3.05) is 33.5 Å². The predicted octanol–water partition coefficient (Wildman–Crippen LogP) is 26.1. The lowest BCUT2D eigenvalue weighted by molar-refractivity contribution is -0.150. The van der Waals surface area contributed by atoms with E-state index in [1.54, 1.807) is 7.11 Å². The number of ether oxygens (including phenoxy) is 4. The smallest absolute Gasteiger partial charge is 0.229 e. The summed E-state index contributed by atoms with van der Waals surface area (Å²) in [6.45, 7) is 92.4. The van der Waals surface area contributed by atoms with Crippen LogP contribution >= 0.6 is 0 Å². The molecule has 131 heavy (non-hydrogen) atoms. The van der Waals surface area contributed by atoms with E-state index in [1.807, 2.05) is 6.92 Å².